The van der Waals surface area contributed by atoms with Crippen molar-refractivity contribution in [3.05, 3.63) is 41.4 Å². The Morgan fingerprint density at radius 2 is 2.47 bits per heavy atom. The Hall–Kier alpha value is -1.48. The molecule has 1 atom stereocenters. The van der Waals surface area contributed by atoms with E-state index in [0.29, 0.717) is 24.6 Å². The van der Waals surface area contributed by atoms with Crippen LogP contribution in [-0.2, 0) is 11.2 Å². The Balaban J connectivity index is 2.07. The summed E-state index contributed by atoms with van der Waals surface area (Å²) in [5, 5.41) is 3.44. The summed E-state index contributed by atoms with van der Waals surface area (Å²) in [7, 11) is 0. The second kappa shape index (κ2) is 5.23. The third kappa shape index (κ3) is 2.80. The number of carbonyl (C=O) groups excluding carboxylic acids is 1. The molecule has 1 aromatic rings. The fraction of sp³-hybridized carbons (Fsp3) is 0.308. The number of hydrogen-bond donors (Lipinski definition) is 1. The van der Waals surface area contributed by atoms with E-state index in [0.717, 1.165) is 11.3 Å². The summed E-state index contributed by atoms with van der Waals surface area (Å²) in [5.41, 5.74) is 0.988. The summed E-state index contributed by atoms with van der Waals surface area (Å²) in [6.45, 7) is 4.46. The summed E-state index contributed by atoms with van der Waals surface area (Å²) >= 11 is 5.92. The van der Waals surface area contributed by atoms with Crippen molar-refractivity contribution in [2.24, 2.45) is 5.92 Å². The fourth-order valence-electron chi connectivity index (χ4n) is 1.85. The van der Waals surface area contributed by atoms with Gasteiger partial charge in [-0.1, -0.05) is 17.7 Å². The lowest BCUT2D eigenvalue weighted by atomic mass is 9.96. The zero-order valence-electron chi connectivity index (χ0n) is 9.41. The molecule has 0 aliphatic carbocycles. The Kier molecular flexibility index (Phi) is 3.69. The molecule has 1 aromatic carbocycles. The average molecular weight is 252 g/mol. The third-order valence-corrected chi connectivity index (χ3v) is 2.96. The quantitative estimate of drug-likeness (QED) is 0.837. The Bertz CT molecular complexity index is 445. The highest BCUT2D eigenvalue weighted by Crippen LogP contribution is 2.29. The standard InChI is InChI=1S/C13H14ClNO2/c1-2-5-15-13(16)10-6-9-7-11(14)3-4-12(9)17-8-10/h2-4,7,10H,1,5-6,8H2,(H,15,16). The molecule has 0 bridgehead atoms. The average Bonchev–Trinajstić information content (AvgIpc) is 2.35. The summed E-state index contributed by atoms with van der Waals surface area (Å²) in [6.07, 6.45) is 2.32. The molecule has 17 heavy (non-hydrogen) atoms. The first-order chi connectivity index (χ1) is 8.20. The van der Waals surface area contributed by atoms with Crippen molar-refractivity contribution in [3.63, 3.8) is 0 Å². The van der Waals surface area contributed by atoms with Crippen molar-refractivity contribution in [2.45, 2.75) is 6.42 Å². The monoisotopic (exact) mass is 251 g/mol. The van der Waals surface area contributed by atoms with Gasteiger partial charge in [-0.15, -0.1) is 6.58 Å². The molecule has 0 fully saturated rings. The van der Waals surface area contributed by atoms with Gasteiger partial charge in [-0.25, -0.2) is 0 Å². The molecule has 0 spiro atoms. The topological polar surface area (TPSA) is 38.3 Å². The van der Waals surface area contributed by atoms with E-state index in [4.69, 9.17) is 16.3 Å². The summed E-state index contributed by atoms with van der Waals surface area (Å²) in [5.74, 6) is 0.665. The molecule has 1 heterocycles. The number of fused-ring (bicyclic) bond motifs is 1. The summed E-state index contributed by atoms with van der Waals surface area (Å²) < 4.78 is 5.55. The fourth-order valence-corrected chi connectivity index (χ4v) is 2.04. The van der Waals surface area contributed by atoms with Crippen LogP contribution in [0.2, 0.25) is 5.02 Å². The van der Waals surface area contributed by atoms with E-state index in [9.17, 15) is 4.79 Å². The largest absolute Gasteiger partial charge is 0.492 e. The van der Waals surface area contributed by atoms with Gasteiger partial charge < -0.3 is 10.1 Å². The van der Waals surface area contributed by atoms with Crippen molar-refractivity contribution in [2.75, 3.05) is 13.2 Å². The lowest BCUT2D eigenvalue weighted by Crippen LogP contribution is -2.37. The minimum absolute atomic E-state index is 0.00414. The van der Waals surface area contributed by atoms with Gasteiger partial charge in [0.25, 0.3) is 0 Å². The van der Waals surface area contributed by atoms with Gasteiger partial charge in [0.15, 0.2) is 0 Å². The highest BCUT2D eigenvalue weighted by atomic mass is 35.5. The van der Waals surface area contributed by atoms with E-state index in [1.807, 2.05) is 12.1 Å². The minimum Gasteiger partial charge on any atom is -0.492 e. The van der Waals surface area contributed by atoms with Gasteiger partial charge in [-0.05, 0) is 30.2 Å². The van der Waals surface area contributed by atoms with Gasteiger partial charge in [0, 0.05) is 11.6 Å². The maximum Gasteiger partial charge on any atom is 0.227 e. The Labute approximate surface area is 105 Å². The van der Waals surface area contributed by atoms with Crippen molar-refractivity contribution in [1.82, 2.24) is 5.32 Å². The van der Waals surface area contributed by atoms with Crippen LogP contribution in [-0.4, -0.2) is 19.1 Å². The van der Waals surface area contributed by atoms with Gasteiger partial charge >= 0.3 is 0 Å². The number of carbonyl (C=O) groups is 1. The van der Waals surface area contributed by atoms with Gasteiger partial charge in [-0.2, -0.15) is 0 Å². The van der Waals surface area contributed by atoms with Crippen LogP contribution < -0.4 is 10.1 Å². The molecule has 90 valence electrons. The first-order valence-corrected chi connectivity index (χ1v) is 5.88. The molecule has 0 saturated carbocycles. The normalized spacial score (nSPS) is 17.8. The van der Waals surface area contributed by atoms with Crippen LogP contribution in [0.5, 0.6) is 5.75 Å². The highest BCUT2D eigenvalue weighted by molar-refractivity contribution is 6.30. The smallest absolute Gasteiger partial charge is 0.227 e. The number of amides is 1. The van der Waals surface area contributed by atoms with E-state index < -0.39 is 0 Å². The molecule has 1 N–H and O–H groups in total. The highest BCUT2D eigenvalue weighted by Gasteiger charge is 2.25. The van der Waals surface area contributed by atoms with Crippen LogP contribution in [0, 0.1) is 5.92 Å². The van der Waals surface area contributed by atoms with Crippen LogP contribution in [0.3, 0.4) is 0 Å². The lowest BCUT2D eigenvalue weighted by Gasteiger charge is -2.24. The van der Waals surface area contributed by atoms with E-state index in [1.54, 1.807) is 12.1 Å². The lowest BCUT2D eigenvalue weighted by molar-refractivity contribution is -0.126. The maximum absolute atomic E-state index is 11.8. The number of nitrogens with one attached hydrogen (secondary N) is 1. The number of hydrogen-bond acceptors (Lipinski definition) is 2. The zero-order valence-corrected chi connectivity index (χ0v) is 10.2. The molecule has 0 radical (unpaired) electrons. The maximum atomic E-state index is 11.8. The number of benzene rings is 1. The van der Waals surface area contributed by atoms with Gasteiger partial charge in [0.05, 0.1) is 5.92 Å². The van der Waals surface area contributed by atoms with Crippen LogP contribution in [0.15, 0.2) is 30.9 Å². The Morgan fingerprint density at radius 1 is 1.65 bits per heavy atom. The third-order valence-electron chi connectivity index (χ3n) is 2.72. The Morgan fingerprint density at radius 3 is 3.24 bits per heavy atom. The van der Waals surface area contributed by atoms with Crippen LogP contribution in [0.25, 0.3) is 0 Å². The first kappa shape index (κ1) is 12.0. The van der Waals surface area contributed by atoms with Crippen molar-refractivity contribution in [1.29, 1.82) is 0 Å². The van der Waals surface area contributed by atoms with Crippen molar-refractivity contribution < 1.29 is 9.53 Å². The van der Waals surface area contributed by atoms with E-state index in [-0.39, 0.29) is 11.8 Å². The van der Waals surface area contributed by atoms with E-state index in [1.165, 1.54) is 0 Å². The second-order valence-corrected chi connectivity index (χ2v) is 4.43. The molecule has 1 amide bonds. The second-order valence-electron chi connectivity index (χ2n) is 4.00. The molecular weight excluding hydrogens is 238 g/mol. The molecule has 1 aliphatic heterocycles. The molecule has 0 aromatic heterocycles. The molecular formula is C13H14ClNO2. The van der Waals surface area contributed by atoms with Crippen molar-refractivity contribution in [3.8, 4) is 5.75 Å². The molecule has 0 saturated heterocycles. The zero-order chi connectivity index (χ0) is 12.3. The number of rotatable bonds is 3. The van der Waals surface area contributed by atoms with Crippen LogP contribution in [0.1, 0.15) is 5.56 Å². The number of ether oxygens (including phenoxy) is 1. The SMILES string of the molecule is C=CCNC(=O)C1COc2ccc(Cl)cc2C1. The molecule has 4 heteroatoms. The predicted octanol–water partition coefficient (Wildman–Crippen LogP) is 2.19. The van der Waals surface area contributed by atoms with Gasteiger partial charge in [-0.3, -0.25) is 4.79 Å². The van der Waals surface area contributed by atoms with Crippen molar-refractivity contribution >= 4 is 17.5 Å². The molecule has 1 aliphatic rings. The van der Waals surface area contributed by atoms with Gasteiger partial charge in [0.2, 0.25) is 5.91 Å². The number of halogens is 1. The predicted molar refractivity (Wildman–Crippen MR) is 67.3 cm³/mol. The van der Waals surface area contributed by atoms with E-state index in [2.05, 4.69) is 11.9 Å². The van der Waals surface area contributed by atoms with E-state index >= 15 is 0 Å². The van der Waals surface area contributed by atoms with Crippen LogP contribution in [0.4, 0.5) is 0 Å². The molecule has 1 unspecified atom stereocenters. The molecule has 3 nitrogen and oxygen atoms in total. The summed E-state index contributed by atoms with van der Waals surface area (Å²) in [6, 6.07) is 5.48. The van der Waals surface area contributed by atoms with Gasteiger partial charge in [0.1, 0.15) is 12.4 Å². The first-order valence-electron chi connectivity index (χ1n) is 5.50. The summed E-state index contributed by atoms with van der Waals surface area (Å²) in [4.78, 5) is 11.8. The van der Waals surface area contributed by atoms with Crippen LogP contribution >= 0.6 is 11.6 Å². The molecule has 2 rings (SSSR count). The minimum atomic E-state index is -0.152.